The van der Waals surface area contributed by atoms with Crippen LogP contribution in [0.15, 0.2) is 24.3 Å². The quantitative estimate of drug-likeness (QED) is 0.750. The number of carbonyl (C=O) groups is 1. The molecule has 0 spiro atoms. The summed E-state index contributed by atoms with van der Waals surface area (Å²) in [5.74, 6) is 0.978. The van der Waals surface area contributed by atoms with Crippen molar-refractivity contribution in [2.45, 2.75) is 18.6 Å². The van der Waals surface area contributed by atoms with Gasteiger partial charge in [0.15, 0.2) is 0 Å². The summed E-state index contributed by atoms with van der Waals surface area (Å²) in [7, 11) is 0. The van der Waals surface area contributed by atoms with Crippen molar-refractivity contribution in [2.24, 2.45) is 5.41 Å². The first kappa shape index (κ1) is 14.2. The fourth-order valence-electron chi connectivity index (χ4n) is 1.86. The van der Waals surface area contributed by atoms with E-state index in [1.807, 2.05) is 24.3 Å². The molecule has 0 atom stereocenters. The Kier molecular flexibility index (Phi) is 4.71. The molecule has 0 radical (unpaired) electrons. The Bertz CT molecular complexity index is 430. The van der Waals surface area contributed by atoms with Gasteiger partial charge in [-0.2, -0.15) is 11.8 Å². The fourth-order valence-corrected chi connectivity index (χ4v) is 2.39. The summed E-state index contributed by atoms with van der Waals surface area (Å²) in [5.41, 5.74) is 1.98. The van der Waals surface area contributed by atoms with Gasteiger partial charge in [-0.3, -0.25) is 0 Å². The Morgan fingerprint density at radius 1 is 1.37 bits per heavy atom. The van der Waals surface area contributed by atoms with E-state index in [1.165, 1.54) is 5.56 Å². The van der Waals surface area contributed by atoms with Crippen molar-refractivity contribution in [2.75, 3.05) is 24.7 Å². The van der Waals surface area contributed by atoms with E-state index >= 15 is 0 Å². The molecule has 0 saturated heterocycles. The maximum absolute atomic E-state index is 11.7. The Morgan fingerprint density at radius 3 is 2.58 bits per heavy atom. The number of benzene rings is 1. The molecule has 1 saturated carbocycles. The minimum Gasteiger partial charge on any atom is -0.396 e. The Hall–Kier alpha value is -1.20. The van der Waals surface area contributed by atoms with Crippen LogP contribution in [0.2, 0.25) is 0 Å². The molecule has 4 nitrogen and oxygen atoms in total. The average Bonchev–Trinajstić information content (AvgIpc) is 3.20. The minimum absolute atomic E-state index is 0.0560. The van der Waals surface area contributed by atoms with Gasteiger partial charge in [-0.25, -0.2) is 4.79 Å². The molecule has 3 N–H and O–H groups in total. The second-order valence-electron chi connectivity index (χ2n) is 5.10. The normalized spacial score (nSPS) is 15.9. The van der Waals surface area contributed by atoms with Crippen molar-refractivity contribution in [1.82, 2.24) is 5.32 Å². The van der Waals surface area contributed by atoms with Crippen LogP contribution in [0.5, 0.6) is 0 Å². The molecule has 2 amide bonds. The molecular weight excluding hydrogens is 260 g/mol. The lowest BCUT2D eigenvalue weighted by molar-refractivity contribution is 0.206. The molecule has 0 heterocycles. The van der Waals surface area contributed by atoms with E-state index in [0.717, 1.165) is 24.3 Å². The van der Waals surface area contributed by atoms with Crippen LogP contribution in [0.25, 0.3) is 0 Å². The maximum atomic E-state index is 11.7. The predicted octanol–water partition coefficient (Wildman–Crippen LogP) is 2.44. The highest BCUT2D eigenvalue weighted by molar-refractivity contribution is 7.97. The number of aliphatic hydroxyl groups is 1. The van der Waals surface area contributed by atoms with E-state index in [2.05, 4.69) is 16.9 Å². The molecule has 1 aromatic rings. The molecule has 1 aromatic carbocycles. The van der Waals surface area contributed by atoms with Gasteiger partial charge >= 0.3 is 6.03 Å². The van der Waals surface area contributed by atoms with Crippen LogP contribution in [0.3, 0.4) is 0 Å². The van der Waals surface area contributed by atoms with Gasteiger partial charge in [-0.05, 0) is 36.8 Å². The van der Waals surface area contributed by atoms with Gasteiger partial charge in [-0.1, -0.05) is 12.1 Å². The van der Waals surface area contributed by atoms with Crippen LogP contribution in [0.4, 0.5) is 10.5 Å². The van der Waals surface area contributed by atoms with Crippen molar-refractivity contribution < 1.29 is 9.90 Å². The summed E-state index contributed by atoms with van der Waals surface area (Å²) in [4.78, 5) is 11.7. The van der Waals surface area contributed by atoms with Gasteiger partial charge in [0, 0.05) is 23.4 Å². The largest absolute Gasteiger partial charge is 0.396 e. The smallest absolute Gasteiger partial charge is 0.319 e. The highest BCUT2D eigenvalue weighted by Crippen LogP contribution is 2.44. The standard InChI is InChI=1S/C14H20N2O2S/c1-19-8-11-2-4-12(5-3-11)16-13(18)15-9-14(10-17)6-7-14/h2-5,17H,6-10H2,1H3,(H2,15,16,18). The average molecular weight is 280 g/mol. The summed E-state index contributed by atoms with van der Waals surface area (Å²) in [6.07, 6.45) is 4.05. The van der Waals surface area contributed by atoms with Crippen molar-refractivity contribution in [3.8, 4) is 0 Å². The monoisotopic (exact) mass is 280 g/mol. The van der Waals surface area contributed by atoms with Crippen LogP contribution < -0.4 is 10.6 Å². The molecule has 1 aliphatic carbocycles. The topological polar surface area (TPSA) is 61.4 Å². The minimum atomic E-state index is -0.211. The van der Waals surface area contributed by atoms with Crippen LogP contribution in [-0.2, 0) is 5.75 Å². The third-order valence-corrected chi connectivity index (χ3v) is 4.06. The van der Waals surface area contributed by atoms with Crippen LogP contribution in [0.1, 0.15) is 18.4 Å². The second-order valence-corrected chi connectivity index (χ2v) is 5.96. The van der Waals surface area contributed by atoms with Gasteiger partial charge in [-0.15, -0.1) is 0 Å². The number of thioether (sulfide) groups is 1. The first-order valence-corrected chi connectivity index (χ1v) is 7.80. The molecule has 0 unspecified atom stereocenters. The summed E-state index contributed by atoms with van der Waals surface area (Å²) in [5, 5.41) is 14.8. The third-order valence-electron chi connectivity index (χ3n) is 3.44. The van der Waals surface area contributed by atoms with E-state index in [-0.39, 0.29) is 18.1 Å². The number of nitrogens with one attached hydrogen (secondary N) is 2. The van der Waals surface area contributed by atoms with Crippen LogP contribution in [0, 0.1) is 5.41 Å². The molecule has 0 aliphatic heterocycles. The van der Waals surface area contributed by atoms with Crippen molar-refractivity contribution >= 4 is 23.5 Å². The van der Waals surface area contributed by atoms with Crippen LogP contribution >= 0.6 is 11.8 Å². The third kappa shape index (κ3) is 4.14. The lowest BCUT2D eigenvalue weighted by atomic mass is 10.1. The fraction of sp³-hybridized carbons (Fsp3) is 0.500. The van der Waals surface area contributed by atoms with E-state index in [1.54, 1.807) is 11.8 Å². The summed E-state index contributed by atoms with van der Waals surface area (Å²) in [6, 6.07) is 7.64. The van der Waals surface area contributed by atoms with Gasteiger partial charge in [0.25, 0.3) is 0 Å². The lowest BCUT2D eigenvalue weighted by Crippen LogP contribution is -2.35. The number of carbonyl (C=O) groups excluding carboxylic acids is 1. The molecule has 1 fully saturated rings. The number of rotatable bonds is 6. The molecular formula is C14H20N2O2S. The first-order chi connectivity index (χ1) is 9.17. The molecule has 0 bridgehead atoms. The van der Waals surface area contributed by atoms with Gasteiger partial charge in [0.05, 0.1) is 6.61 Å². The van der Waals surface area contributed by atoms with Crippen molar-refractivity contribution in [3.63, 3.8) is 0 Å². The zero-order chi connectivity index (χ0) is 13.7. The highest BCUT2D eigenvalue weighted by atomic mass is 32.2. The Morgan fingerprint density at radius 2 is 2.05 bits per heavy atom. The summed E-state index contributed by atoms with van der Waals surface area (Å²) in [6.45, 7) is 0.691. The second kappa shape index (κ2) is 6.30. The van der Waals surface area contributed by atoms with Crippen molar-refractivity contribution in [1.29, 1.82) is 0 Å². The Balaban J connectivity index is 1.78. The Labute approximate surface area is 118 Å². The molecule has 1 aliphatic rings. The maximum Gasteiger partial charge on any atom is 0.319 e. The molecule has 5 heteroatoms. The number of anilines is 1. The summed E-state index contributed by atoms with van der Waals surface area (Å²) < 4.78 is 0. The SMILES string of the molecule is CSCc1ccc(NC(=O)NCC2(CO)CC2)cc1. The van der Waals surface area contributed by atoms with Gasteiger partial charge in [0.1, 0.15) is 0 Å². The lowest BCUT2D eigenvalue weighted by Gasteiger charge is -2.13. The number of hydrogen-bond donors (Lipinski definition) is 3. The number of amides is 2. The van der Waals surface area contributed by atoms with E-state index in [9.17, 15) is 4.79 Å². The van der Waals surface area contributed by atoms with Gasteiger partial charge < -0.3 is 15.7 Å². The van der Waals surface area contributed by atoms with Gasteiger partial charge in [0.2, 0.25) is 0 Å². The van der Waals surface area contributed by atoms with E-state index < -0.39 is 0 Å². The molecule has 19 heavy (non-hydrogen) atoms. The summed E-state index contributed by atoms with van der Waals surface area (Å²) >= 11 is 1.77. The molecule has 104 valence electrons. The molecule has 0 aromatic heterocycles. The number of aliphatic hydroxyl groups excluding tert-OH is 1. The molecule has 2 rings (SSSR count). The predicted molar refractivity (Wildman–Crippen MR) is 79.4 cm³/mol. The zero-order valence-electron chi connectivity index (χ0n) is 11.1. The highest BCUT2D eigenvalue weighted by Gasteiger charge is 2.42. The first-order valence-electron chi connectivity index (χ1n) is 6.41. The number of hydrogen-bond acceptors (Lipinski definition) is 3. The van der Waals surface area contributed by atoms with E-state index in [0.29, 0.717) is 6.54 Å². The van der Waals surface area contributed by atoms with Crippen LogP contribution in [-0.4, -0.2) is 30.5 Å². The zero-order valence-corrected chi connectivity index (χ0v) is 11.9. The van der Waals surface area contributed by atoms with E-state index in [4.69, 9.17) is 5.11 Å². The number of urea groups is 1. The van der Waals surface area contributed by atoms with Crippen molar-refractivity contribution in [3.05, 3.63) is 29.8 Å².